The molecule has 2 aliphatic heterocycles. The third-order valence-electron chi connectivity index (χ3n) is 5.98. The van der Waals surface area contributed by atoms with Crippen LogP contribution < -0.4 is 14.4 Å². The van der Waals surface area contributed by atoms with Gasteiger partial charge < -0.3 is 19.3 Å². The molecule has 1 fully saturated rings. The van der Waals surface area contributed by atoms with E-state index < -0.39 is 0 Å². The van der Waals surface area contributed by atoms with E-state index in [1.165, 1.54) is 0 Å². The van der Waals surface area contributed by atoms with E-state index in [1.807, 2.05) is 59.0 Å². The lowest BCUT2D eigenvalue weighted by molar-refractivity contribution is -0.126. The number of carbonyl (C=O) groups is 1. The normalized spacial score (nSPS) is 15.6. The smallest absolute Gasteiger partial charge is 0.246 e. The van der Waals surface area contributed by atoms with Crippen molar-refractivity contribution in [3.05, 3.63) is 71.6 Å². The van der Waals surface area contributed by atoms with Crippen molar-refractivity contribution in [3.63, 3.8) is 0 Å². The summed E-state index contributed by atoms with van der Waals surface area (Å²) in [7, 11) is 0. The lowest BCUT2D eigenvalue weighted by Gasteiger charge is -2.35. The van der Waals surface area contributed by atoms with Crippen molar-refractivity contribution in [2.45, 2.75) is 13.8 Å². The number of fused-ring (bicyclic) bond motifs is 1. The van der Waals surface area contributed by atoms with Gasteiger partial charge in [-0.1, -0.05) is 24.3 Å². The molecule has 3 aromatic rings. The largest absolute Gasteiger partial charge is 0.454 e. The third kappa shape index (κ3) is 3.82. The Labute approximate surface area is 187 Å². The molecule has 164 valence electrons. The standard InChI is InChI=1S/C25H26N4O3/c1-18-25(19(2)29(26-18)21-6-4-3-5-7-21)28-14-12-27(13-15-28)24(30)11-9-20-8-10-22-23(16-20)32-17-31-22/h3-11,16H,12-15,17H2,1-2H3. The highest BCUT2D eigenvalue weighted by molar-refractivity contribution is 5.92. The number of anilines is 1. The fourth-order valence-corrected chi connectivity index (χ4v) is 4.35. The van der Waals surface area contributed by atoms with Crippen LogP contribution >= 0.6 is 0 Å². The van der Waals surface area contributed by atoms with Crippen LogP contribution in [0.15, 0.2) is 54.6 Å². The zero-order valence-corrected chi connectivity index (χ0v) is 18.3. The first-order valence-electron chi connectivity index (χ1n) is 10.8. The van der Waals surface area contributed by atoms with Crippen molar-refractivity contribution in [2.24, 2.45) is 0 Å². The third-order valence-corrected chi connectivity index (χ3v) is 5.98. The minimum atomic E-state index is 0.0238. The van der Waals surface area contributed by atoms with Gasteiger partial charge in [0.15, 0.2) is 11.5 Å². The van der Waals surface area contributed by atoms with Crippen molar-refractivity contribution in [3.8, 4) is 17.2 Å². The van der Waals surface area contributed by atoms with Crippen LogP contribution in [0.4, 0.5) is 5.69 Å². The summed E-state index contributed by atoms with van der Waals surface area (Å²) in [5.74, 6) is 1.48. The molecule has 0 atom stereocenters. The second-order valence-electron chi connectivity index (χ2n) is 8.03. The second-order valence-corrected chi connectivity index (χ2v) is 8.03. The highest BCUT2D eigenvalue weighted by Gasteiger charge is 2.24. The van der Waals surface area contributed by atoms with Crippen LogP contribution in [0.1, 0.15) is 17.0 Å². The molecule has 0 radical (unpaired) electrons. The van der Waals surface area contributed by atoms with Gasteiger partial charge in [0.05, 0.1) is 22.8 Å². The number of aryl methyl sites for hydroxylation is 1. The second kappa shape index (κ2) is 8.42. The molecule has 0 spiro atoms. The van der Waals surface area contributed by atoms with Crippen molar-refractivity contribution >= 4 is 17.7 Å². The monoisotopic (exact) mass is 430 g/mol. The summed E-state index contributed by atoms with van der Waals surface area (Å²) < 4.78 is 12.7. The van der Waals surface area contributed by atoms with Gasteiger partial charge in [0.2, 0.25) is 12.7 Å². The molecule has 0 bridgehead atoms. The predicted molar refractivity (Wildman–Crippen MR) is 123 cm³/mol. The Hall–Kier alpha value is -3.74. The summed E-state index contributed by atoms with van der Waals surface area (Å²) in [6.45, 7) is 7.33. The summed E-state index contributed by atoms with van der Waals surface area (Å²) >= 11 is 0. The molecule has 0 N–H and O–H groups in total. The number of hydrogen-bond donors (Lipinski definition) is 0. The van der Waals surface area contributed by atoms with Crippen molar-refractivity contribution < 1.29 is 14.3 Å². The van der Waals surface area contributed by atoms with Gasteiger partial charge in [0.25, 0.3) is 0 Å². The molecule has 3 heterocycles. The number of benzene rings is 2. The number of nitrogens with zero attached hydrogens (tertiary/aromatic N) is 4. The zero-order valence-electron chi connectivity index (χ0n) is 18.3. The summed E-state index contributed by atoms with van der Waals surface area (Å²) in [6, 6.07) is 15.8. The minimum absolute atomic E-state index is 0.0238. The quantitative estimate of drug-likeness (QED) is 0.592. The van der Waals surface area contributed by atoms with E-state index in [4.69, 9.17) is 14.6 Å². The molecular weight excluding hydrogens is 404 g/mol. The molecule has 32 heavy (non-hydrogen) atoms. The van der Waals surface area contributed by atoms with Crippen molar-refractivity contribution in [2.75, 3.05) is 37.9 Å². The Balaban J connectivity index is 1.24. The average Bonchev–Trinajstić information content (AvgIpc) is 3.41. The number of carbonyl (C=O) groups excluding carboxylic acids is 1. The number of piperazine rings is 1. The van der Waals surface area contributed by atoms with Gasteiger partial charge in [-0.25, -0.2) is 4.68 Å². The molecular formula is C25H26N4O3. The predicted octanol–water partition coefficient (Wildman–Crippen LogP) is 3.58. The topological polar surface area (TPSA) is 59.8 Å². The molecule has 5 rings (SSSR count). The molecule has 0 saturated carbocycles. The maximum absolute atomic E-state index is 12.7. The van der Waals surface area contributed by atoms with Gasteiger partial charge in [0.1, 0.15) is 0 Å². The van der Waals surface area contributed by atoms with Crippen LogP contribution in [0.5, 0.6) is 11.5 Å². The molecule has 1 aromatic heterocycles. The Kier molecular flexibility index (Phi) is 5.31. The van der Waals surface area contributed by atoms with Gasteiger partial charge in [-0.15, -0.1) is 0 Å². The number of para-hydroxylation sites is 1. The maximum atomic E-state index is 12.7. The van der Waals surface area contributed by atoms with Crippen LogP contribution in [0.3, 0.4) is 0 Å². The lowest BCUT2D eigenvalue weighted by atomic mass is 10.2. The minimum Gasteiger partial charge on any atom is -0.454 e. The van der Waals surface area contributed by atoms with E-state index in [1.54, 1.807) is 6.08 Å². The van der Waals surface area contributed by atoms with Crippen LogP contribution in [-0.4, -0.2) is 53.6 Å². The zero-order chi connectivity index (χ0) is 22.1. The summed E-state index contributed by atoms with van der Waals surface area (Å²) in [5, 5.41) is 4.76. The molecule has 0 unspecified atom stereocenters. The fraction of sp³-hybridized carbons (Fsp3) is 0.280. The summed E-state index contributed by atoms with van der Waals surface area (Å²) in [4.78, 5) is 17.0. The molecule has 1 amide bonds. The van der Waals surface area contributed by atoms with Gasteiger partial charge in [0, 0.05) is 32.3 Å². The van der Waals surface area contributed by atoms with E-state index in [2.05, 4.69) is 24.0 Å². The van der Waals surface area contributed by atoms with Crippen molar-refractivity contribution in [1.82, 2.24) is 14.7 Å². The number of amides is 1. The van der Waals surface area contributed by atoms with E-state index in [0.29, 0.717) is 13.1 Å². The van der Waals surface area contributed by atoms with Gasteiger partial charge in [-0.3, -0.25) is 4.79 Å². The van der Waals surface area contributed by atoms with E-state index in [-0.39, 0.29) is 12.7 Å². The lowest BCUT2D eigenvalue weighted by Crippen LogP contribution is -2.48. The first-order valence-corrected chi connectivity index (χ1v) is 10.8. The Morgan fingerprint density at radius 1 is 0.969 bits per heavy atom. The molecule has 0 aliphatic carbocycles. The Morgan fingerprint density at radius 2 is 1.72 bits per heavy atom. The van der Waals surface area contributed by atoms with Crippen molar-refractivity contribution in [1.29, 1.82) is 0 Å². The van der Waals surface area contributed by atoms with Crippen LogP contribution in [0.2, 0.25) is 0 Å². The SMILES string of the molecule is Cc1nn(-c2ccccc2)c(C)c1N1CCN(C(=O)C=Cc2ccc3c(c2)OCO3)CC1. The van der Waals surface area contributed by atoms with E-state index in [0.717, 1.165) is 52.9 Å². The first kappa shape index (κ1) is 20.2. The Bertz CT molecular complexity index is 1160. The number of aromatic nitrogens is 2. The molecule has 2 aromatic carbocycles. The number of ether oxygens (including phenoxy) is 2. The van der Waals surface area contributed by atoms with Gasteiger partial charge in [-0.2, -0.15) is 5.10 Å². The summed E-state index contributed by atoms with van der Waals surface area (Å²) in [6.07, 6.45) is 3.46. The maximum Gasteiger partial charge on any atom is 0.246 e. The van der Waals surface area contributed by atoms with Gasteiger partial charge in [-0.05, 0) is 49.8 Å². The average molecular weight is 431 g/mol. The number of hydrogen-bond acceptors (Lipinski definition) is 5. The molecule has 1 saturated heterocycles. The molecule has 7 nitrogen and oxygen atoms in total. The Morgan fingerprint density at radius 3 is 2.50 bits per heavy atom. The molecule has 7 heteroatoms. The van der Waals surface area contributed by atoms with Crippen LogP contribution in [-0.2, 0) is 4.79 Å². The van der Waals surface area contributed by atoms with Gasteiger partial charge >= 0.3 is 0 Å². The number of rotatable bonds is 4. The van der Waals surface area contributed by atoms with Crippen LogP contribution in [0.25, 0.3) is 11.8 Å². The van der Waals surface area contributed by atoms with E-state index in [9.17, 15) is 4.79 Å². The molecule has 2 aliphatic rings. The highest BCUT2D eigenvalue weighted by Crippen LogP contribution is 2.33. The summed E-state index contributed by atoms with van der Waals surface area (Å²) in [5.41, 5.74) is 5.27. The highest BCUT2D eigenvalue weighted by atomic mass is 16.7. The fourth-order valence-electron chi connectivity index (χ4n) is 4.35. The first-order chi connectivity index (χ1) is 15.6. The van der Waals surface area contributed by atoms with E-state index >= 15 is 0 Å². The van der Waals surface area contributed by atoms with Crippen LogP contribution in [0, 0.1) is 13.8 Å².